The second-order valence-electron chi connectivity index (χ2n) is 5.40. The number of nitrogens with zero attached hydrogens (tertiary/aromatic N) is 1. The van der Waals surface area contributed by atoms with Crippen molar-refractivity contribution < 1.29 is 9.90 Å². The van der Waals surface area contributed by atoms with Crippen LogP contribution in [0.2, 0.25) is 10.0 Å². The topological polar surface area (TPSA) is 40.5 Å². The predicted molar refractivity (Wildman–Crippen MR) is 94.1 cm³/mol. The summed E-state index contributed by atoms with van der Waals surface area (Å²) in [6.45, 7) is 0.279. The van der Waals surface area contributed by atoms with E-state index in [0.29, 0.717) is 23.0 Å². The normalized spacial score (nSPS) is 10.8. The number of benzene rings is 2. The molecule has 0 saturated heterocycles. The van der Waals surface area contributed by atoms with Gasteiger partial charge < -0.3 is 10.0 Å². The molecule has 0 aliphatic rings. The molecule has 2 aromatic rings. The summed E-state index contributed by atoms with van der Waals surface area (Å²) in [4.78, 5) is 13.9. The molecule has 2 rings (SSSR count). The van der Waals surface area contributed by atoms with Gasteiger partial charge in [0.2, 0.25) is 5.91 Å². The van der Waals surface area contributed by atoms with Gasteiger partial charge in [-0.3, -0.25) is 4.79 Å². The van der Waals surface area contributed by atoms with E-state index in [1.807, 2.05) is 48.5 Å². The quantitative estimate of drug-likeness (QED) is 0.855. The van der Waals surface area contributed by atoms with Crippen molar-refractivity contribution in [2.75, 3.05) is 20.2 Å². The molecule has 0 aliphatic heterocycles. The van der Waals surface area contributed by atoms with Crippen LogP contribution in [0, 0.1) is 0 Å². The monoisotopic (exact) mass is 351 g/mol. The Bertz CT molecular complexity index is 596. The summed E-state index contributed by atoms with van der Waals surface area (Å²) in [5.41, 5.74) is 2.03. The lowest BCUT2D eigenvalue weighted by molar-refractivity contribution is -0.130. The number of hydrogen-bond donors (Lipinski definition) is 1. The molecule has 0 radical (unpaired) electrons. The Morgan fingerprint density at radius 2 is 1.43 bits per heavy atom. The molecule has 0 aromatic heterocycles. The van der Waals surface area contributed by atoms with E-state index >= 15 is 0 Å². The second-order valence-corrected chi connectivity index (χ2v) is 6.27. The Morgan fingerprint density at radius 1 is 1.00 bits per heavy atom. The number of hydrogen-bond acceptors (Lipinski definition) is 2. The Balaban J connectivity index is 2.29. The molecule has 0 fully saturated rings. The lowest BCUT2D eigenvalue weighted by Gasteiger charge is -2.22. The highest BCUT2D eigenvalue weighted by molar-refractivity contribution is 6.30. The fourth-order valence-corrected chi connectivity index (χ4v) is 2.68. The van der Waals surface area contributed by atoms with Gasteiger partial charge in [-0.1, -0.05) is 47.5 Å². The van der Waals surface area contributed by atoms with Crippen LogP contribution in [-0.2, 0) is 4.79 Å². The van der Waals surface area contributed by atoms with Crippen molar-refractivity contribution in [3.05, 3.63) is 69.7 Å². The minimum Gasteiger partial charge on any atom is -0.395 e. The number of carbonyl (C=O) groups is 1. The summed E-state index contributed by atoms with van der Waals surface area (Å²) in [6.07, 6.45) is 0.319. The molecule has 3 nitrogen and oxygen atoms in total. The second kappa shape index (κ2) is 8.34. The van der Waals surface area contributed by atoms with E-state index in [1.54, 1.807) is 11.9 Å². The third-order valence-corrected chi connectivity index (χ3v) is 4.29. The highest BCUT2D eigenvalue weighted by atomic mass is 35.5. The van der Waals surface area contributed by atoms with Crippen LogP contribution < -0.4 is 0 Å². The summed E-state index contributed by atoms with van der Waals surface area (Å²) in [7, 11) is 1.69. The maximum absolute atomic E-state index is 12.4. The van der Waals surface area contributed by atoms with Crippen molar-refractivity contribution in [3.8, 4) is 0 Å². The average Bonchev–Trinajstić information content (AvgIpc) is 2.54. The number of aliphatic hydroxyl groups excluding tert-OH is 1. The molecule has 0 spiro atoms. The van der Waals surface area contributed by atoms with Gasteiger partial charge in [-0.25, -0.2) is 0 Å². The van der Waals surface area contributed by atoms with Crippen molar-refractivity contribution in [1.29, 1.82) is 0 Å². The van der Waals surface area contributed by atoms with E-state index in [4.69, 9.17) is 28.3 Å². The average molecular weight is 352 g/mol. The number of rotatable bonds is 6. The fraction of sp³-hybridized carbons (Fsp3) is 0.278. The molecule has 2 aromatic carbocycles. The molecule has 0 saturated carbocycles. The highest BCUT2D eigenvalue weighted by Gasteiger charge is 2.20. The summed E-state index contributed by atoms with van der Waals surface area (Å²) in [6, 6.07) is 15.0. The van der Waals surface area contributed by atoms with Gasteiger partial charge in [-0.2, -0.15) is 0 Å². The maximum atomic E-state index is 12.4. The lowest BCUT2D eigenvalue weighted by Crippen LogP contribution is -2.30. The van der Waals surface area contributed by atoms with Crippen LogP contribution in [0.25, 0.3) is 0 Å². The fourth-order valence-electron chi connectivity index (χ4n) is 2.42. The van der Waals surface area contributed by atoms with E-state index < -0.39 is 0 Å². The first-order valence-electron chi connectivity index (χ1n) is 7.37. The Labute approximate surface area is 146 Å². The van der Waals surface area contributed by atoms with Crippen molar-refractivity contribution in [1.82, 2.24) is 4.90 Å². The van der Waals surface area contributed by atoms with E-state index in [9.17, 15) is 4.79 Å². The Kier molecular flexibility index (Phi) is 6.46. The van der Waals surface area contributed by atoms with Crippen molar-refractivity contribution >= 4 is 29.1 Å². The molecular weight excluding hydrogens is 333 g/mol. The largest absolute Gasteiger partial charge is 0.395 e. The van der Waals surface area contributed by atoms with Gasteiger partial charge in [-0.15, -0.1) is 0 Å². The van der Waals surface area contributed by atoms with Gasteiger partial charge in [0.05, 0.1) is 6.61 Å². The molecule has 0 heterocycles. The minimum atomic E-state index is -0.0850. The van der Waals surface area contributed by atoms with Crippen LogP contribution in [0.3, 0.4) is 0 Å². The van der Waals surface area contributed by atoms with Gasteiger partial charge in [0, 0.05) is 36.0 Å². The number of likely N-dealkylation sites (N-methyl/N-ethyl adjacent to an activating group) is 1. The Hall–Kier alpha value is -1.55. The number of aliphatic hydroxyl groups is 1. The summed E-state index contributed by atoms with van der Waals surface area (Å²) >= 11 is 11.9. The highest BCUT2D eigenvalue weighted by Crippen LogP contribution is 2.30. The van der Waals surface area contributed by atoms with Gasteiger partial charge in [0.25, 0.3) is 0 Å². The van der Waals surface area contributed by atoms with Crippen LogP contribution in [-0.4, -0.2) is 36.1 Å². The van der Waals surface area contributed by atoms with Crippen LogP contribution in [0.1, 0.15) is 23.5 Å². The van der Waals surface area contributed by atoms with Gasteiger partial charge in [0.1, 0.15) is 0 Å². The predicted octanol–water partition coefficient (Wildman–Crippen LogP) is 3.97. The number of carbonyl (C=O) groups excluding carboxylic acids is 1. The minimum absolute atomic E-state index is 0.0195. The summed E-state index contributed by atoms with van der Waals surface area (Å²) in [5.74, 6) is -0.105. The van der Waals surface area contributed by atoms with Gasteiger partial charge in [0.15, 0.2) is 0 Å². The molecule has 0 bridgehead atoms. The lowest BCUT2D eigenvalue weighted by atomic mass is 9.88. The smallest absolute Gasteiger partial charge is 0.223 e. The zero-order valence-electron chi connectivity index (χ0n) is 12.9. The van der Waals surface area contributed by atoms with Crippen molar-refractivity contribution in [2.24, 2.45) is 0 Å². The Morgan fingerprint density at radius 3 is 1.83 bits per heavy atom. The van der Waals surface area contributed by atoms with Crippen LogP contribution in [0.15, 0.2) is 48.5 Å². The molecule has 122 valence electrons. The SMILES string of the molecule is CN(CCO)C(=O)CC(c1ccc(Cl)cc1)c1ccc(Cl)cc1. The zero-order valence-corrected chi connectivity index (χ0v) is 14.4. The maximum Gasteiger partial charge on any atom is 0.223 e. The van der Waals surface area contributed by atoms with Crippen LogP contribution in [0.5, 0.6) is 0 Å². The van der Waals surface area contributed by atoms with Crippen LogP contribution in [0.4, 0.5) is 0 Å². The van der Waals surface area contributed by atoms with Gasteiger partial charge >= 0.3 is 0 Å². The standard InChI is InChI=1S/C18H19Cl2NO2/c1-21(10-11-22)18(23)12-17(13-2-6-15(19)7-3-13)14-4-8-16(20)9-5-14/h2-9,17,22H,10-12H2,1H3. The first-order valence-corrected chi connectivity index (χ1v) is 8.12. The first-order chi connectivity index (χ1) is 11.0. The van der Waals surface area contributed by atoms with Crippen LogP contribution >= 0.6 is 23.2 Å². The zero-order chi connectivity index (χ0) is 16.8. The number of amides is 1. The van der Waals surface area contributed by atoms with E-state index in [1.165, 1.54) is 0 Å². The third kappa shape index (κ3) is 4.96. The first kappa shape index (κ1) is 17.8. The van der Waals surface area contributed by atoms with E-state index in [2.05, 4.69) is 0 Å². The molecule has 23 heavy (non-hydrogen) atoms. The number of halogens is 2. The molecule has 1 amide bonds. The van der Waals surface area contributed by atoms with E-state index in [-0.39, 0.29) is 18.4 Å². The molecular formula is C18H19Cl2NO2. The van der Waals surface area contributed by atoms with Gasteiger partial charge in [-0.05, 0) is 35.4 Å². The molecule has 5 heteroatoms. The summed E-state index contributed by atoms with van der Waals surface area (Å²) < 4.78 is 0. The molecule has 0 aliphatic carbocycles. The molecule has 1 N–H and O–H groups in total. The van der Waals surface area contributed by atoms with E-state index in [0.717, 1.165) is 11.1 Å². The van der Waals surface area contributed by atoms with Crippen molar-refractivity contribution in [3.63, 3.8) is 0 Å². The molecule has 0 unspecified atom stereocenters. The third-order valence-electron chi connectivity index (χ3n) is 3.78. The summed E-state index contributed by atoms with van der Waals surface area (Å²) in [5, 5.41) is 10.3. The van der Waals surface area contributed by atoms with Crippen molar-refractivity contribution in [2.45, 2.75) is 12.3 Å². The molecule has 0 atom stereocenters.